The third-order valence-electron chi connectivity index (χ3n) is 4.56. The highest BCUT2D eigenvalue weighted by atomic mass is 16.2. The molecule has 1 aromatic heterocycles. The number of aromatic nitrogens is 3. The van der Waals surface area contributed by atoms with E-state index >= 15 is 0 Å². The van der Waals surface area contributed by atoms with E-state index in [-0.39, 0.29) is 11.9 Å². The zero-order valence-electron chi connectivity index (χ0n) is 14.4. The number of carbonyl (C=O) groups excluding carboxylic acids is 1. The molecule has 2 aromatic rings. The highest BCUT2D eigenvalue weighted by Crippen LogP contribution is 2.14. The molecule has 1 aliphatic heterocycles. The number of aryl methyl sites for hydroxylation is 2. The monoisotopic (exact) mass is 327 g/mol. The van der Waals surface area contributed by atoms with Crippen LogP contribution in [0.25, 0.3) is 0 Å². The Hall–Kier alpha value is -2.21. The number of nitrogens with zero attached hydrogens (tertiary/aromatic N) is 4. The van der Waals surface area contributed by atoms with E-state index in [1.165, 1.54) is 5.56 Å². The number of nitrogens with one attached hydrogen (secondary N) is 1. The van der Waals surface area contributed by atoms with Gasteiger partial charge in [-0.15, -0.1) is 0 Å². The Morgan fingerprint density at radius 1 is 1.29 bits per heavy atom. The number of hydrogen-bond donors (Lipinski definition) is 1. The minimum absolute atomic E-state index is 0.0903. The minimum atomic E-state index is -0.168. The fourth-order valence-electron chi connectivity index (χ4n) is 3.25. The molecule has 3 rings (SSSR count). The molecule has 128 valence electrons. The molecule has 6 heteroatoms. The number of piperazine rings is 1. The van der Waals surface area contributed by atoms with Gasteiger partial charge < -0.3 is 5.32 Å². The van der Waals surface area contributed by atoms with E-state index in [9.17, 15) is 4.79 Å². The van der Waals surface area contributed by atoms with Crippen LogP contribution < -0.4 is 5.32 Å². The van der Waals surface area contributed by atoms with Gasteiger partial charge in [-0.25, -0.2) is 9.67 Å². The average molecular weight is 327 g/mol. The Morgan fingerprint density at radius 2 is 2.08 bits per heavy atom. The summed E-state index contributed by atoms with van der Waals surface area (Å²) in [6.45, 7) is 6.63. The van der Waals surface area contributed by atoms with E-state index in [2.05, 4.69) is 46.3 Å². The van der Waals surface area contributed by atoms with Crippen LogP contribution in [-0.2, 0) is 24.2 Å². The zero-order valence-corrected chi connectivity index (χ0v) is 14.4. The second-order valence-corrected chi connectivity index (χ2v) is 6.48. The molecule has 0 spiro atoms. The maximum Gasteiger partial charge on any atom is 0.237 e. The first kappa shape index (κ1) is 16.6. The Bertz CT molecular complexity index is 667. The van der Waals surface area contributed by atoms with Crippen LogP contribution in [0.5, 0.6) is 0 Å². The Kier molecular flexibility index (Phi) is 5.25. The number of carbonyl (C=O) groups is 1. The molecule has 0 unspecified atom stereocenters. The molecule has 0 radical (unpaired) electrons. The first-order chi connectivity index (χ1) is 11.6. The van der Waals surface area contributed by atoms with Crippen LogP contribution in [0.4, 0.5) is 0 Å². The van der Waals surface area contributed by atoms with Gasteiger partial charge in [-0.3, -0.25) is 9.69 Å². The summed E-state index contributed by atoms with van der Waals surface area (Å²) in [5.74, 6) is 0.964. The first-order valence-electron chi connectivity index (χ1n) is 8.59. The van der Waals surface area contributed by atoms with Crippen LogP contribution in [0.3, 0.4) is 0 Å². The van der Waals surface area contributed by atoms with Crippen molar-refractivity contribution in [3.63, 3.8) is 0 Å². The number of amides is 1. The number of hydrogen-bond acceptors (Lipinski definition) is 4. The van der Waals surface area contributed by atoms with Gasteiger partial charge in [0.25, 0.3) is 0 Å². The summed E-state index contributed by atoms with van der Waals surface area (Å²) in [5.41, 5.74) is 1.28. The standard InChI is InChI=1S/C18H25N5O/c1-14(2)22-11-9-19-18(24)16(22)12-17-20-13-21-23(17)10-8-15-6-4-3-5-7-15/h3-7,13-14,16H,8-12H2,1-2H3,(H,19,24)/t16-/m1/s1. The maximum atomic E-state index is 12.3. The molecule has 0 saturated carbocycles. The Morgan fingerprint density at radius 3 is 2.83 bits per heavy atom. The van der Waals surface area contributed by atoms with Gasteiger partial charge in [-0.1, -0.05) is 30.3 Å². The highest BCUT2D eigenvalue weighted by molar-refractivity contribution is 5.82. The van der Waals surface area contributed by atoms with Crippen molar-refractivity contribution in [2.75, 3.05) is 13.1 Å². The van der Waals surface area contributed by atoms with E-state index in [0.29, 0.717) is 19.0 Å². The van der Waals surface area contributed by atoms with Gasteiger partial charge >= 0.3 is 0 Å². The summed E-state index contributed by atoms with van der Waals surface area (Å²) >= 11 is 0. The van der Waals surface area contributed by atoms with Crippen LogP contribution in [0.15, 0.2) is 36.7 Å². The molecule has 1 N–H and O–H groups in total. The lowest BCUT2D eigenvalue weighted by molar-refractivity contribution is -0.130. The molecule has 1 aromatic carbocycles. The van der Waals surface area contributed by atoms with Crippen LogP contribution in [0, 0.1) is 0 Å². The smallest absolute Gasteiger partial charge is 0.237 e. The minimum Gasteiger partial charge on any atom is -0.353 e. The lowest BCUT2D eigenvalue weighted by atomic mass is 10.1. The van der Waals surface area contributed by atoms with Crippen LogP contribution in [-0.4, -0.2) is 50.7 Å². The highest BCUT2D eigenvalue weighted by Gasteiger charge is 2.32. The van der Waals surface area contributed by atoms with E-state index in [0.717, 1.165) is 25.3 Å². The lowest BCUT2D eigenvalue weighted by Gasteiger charge is -2.37. The first-order valence-corrected chi connectivity index (χ1v) is 8.59. The van der Waals surface area contributed by atoms with Crippen molar-refractivity contribution in [2.24, 2.45) is 0 Å². The average Bonchev–Trinajstić information content (AvgIpc) is 3.03. The molecule has 1 atom stereocenters. The van der Waals surface area contributed by atoms with E-state index in [4.69, 9.17) is 0 Å². The van der Waals surface area contributed by atoms with Gasteiger partial charge in [0.2, 0.25) is 5.91 Å². The molecule has 1 fully saturated rings. The summed E-state index contributed by atoms with van der Waals surface area (Å²) in [4.78, 5) is 19.0. The molecule has 2 heterocycles. The van der Waals surface area contributed by atoms with Crippen molar-refractivity contribution >= 4 is 5.91 Å². The number of rotatable bonds is 6. The van der Waals surface area contributed by atoms with Gasteiger partial charge in [0.1, 0.15) is 12.2 Å². The third kappa shape index (κ3) is 3.82. The third-order valence-corrected chi connectivity index (χ3v) is 4.56. The molecular formula is C18H25N5O. The largest absolute Gasteiger partial charge is 0.353 e. The zero-order chi connectivity index (χ0) is 16.9. The predicted octanol–water partition coefficient (Wildman–Crippen LogP) is 1.27. The number of benzene rings is 1. The molecule has 0 aliphatic carbocycles. The van der Waals surface area contributed by atoms with Crippen LogP contribution in [0.2, 0.25) is 0 Å². The molecule has 24 heavy (non-hydrogen) atoms. The summed E-state index contributed by atoms with van der Waals surface area (Å²) < 4.78 is 1.92. The summed E-state index contributed by atoms with van der Waals surface area (Å²) in [7, 11) is 0. The fraction of sp³-hybridized carbons (Fsp3) is 0.500. The quantitative estimate of drug-likeness (QED) is 0.868. The SMILES string of the molecule is CC(C)N1CCNC(=O)[C@H]1Cc1ncnn1CCc1ccccc1. The van der Waals surface area contributed by atoms with Crippen LogP contribution in [0.1, 0.15) is 25.2 Å². The Labute approximate surface area is 142 Å². The van der Waals surface area contributed by atoms with Crippen molar-refractivity contribution in [1.82, 2.24) is 25.0 Å². The van der Waals surface area contributed by atoms with Gasteiger partial charge in [0.15, 0.2) is 0 Å². The van der Waals surface area contributed by atoms with E-state index in [1.54, 1.807) is 6.33 Å². The fourth-order valence-corrected chi connectivity index (χ4v) is 3.25. The maximum absolute atomic E-state index is 12.3. The topological polar surface area (TPSA) is 63.1 Å². The summed E-state index contributed by atoms with van der Waals surface area (Å²) in [6, 6.07) is 10.5. The van der Waals surface area contributed by atoms with Gasteiger partial charge in [-0.05, 0) is 25.8 Å². The van der Waals surface area contributed by atoms with Gasteiger partial charge in [0, 0.05) is 32.1 Å². The van der Waals surface area contributed by atoms with Crippen molar-refractivity contribution in [3.05, 3.63) is 48.0 Å². The molecule has 1 aliphatic rings. The normalized spacial score (nSPS) is 18.8. The van der Waals surface area contributed by atoms with Crippen molar-refractivity contribution in [1.29, 1.82) is 0 Å². The van der Waals surface area contributed by atoms with E-state index in [1.807, 2.05) is 22.9 Å². The summed E-state index contributed by atoms with van der Waals surface area (Å²) in [6.07, 6.45) is 3.08. The van der Waals surface area contributed by atoms with Crippen molar-refractivity contribution in [3.8, 4) is 0 Å². The van der Waals surface area contributed by atoms with Crippen molar-refractivity contribution < 1.29 is 4.79 Å². The molecule has 1 saturated heterocycles. The van der Waals surface area contributed by atoms with E-state index < -0.39 is 0 Å². The predicted molar refractivity (Wildman–Crippen MR) is 92.5 cm³/mol. The molecular weight excluding hydrogens is 302 g/mol. The second kappa shape index (κ2) is 7.57. The Balaban J connectivity index is 1.69. The van der Waals surface area contributed by atoms with Gasteiger partial charge in [0.05, 0.1) is 6.04 Å². The van der Waals surface area contributed by atoms with Crippen molar-refractivity contribution in [2.45, 2.75) is 45.3 Å². The van der Waals surface area contributed by atoms with Gasteiger partial charge in [-0.2, -0.15) is 5.10 Å². The second-order valence-electron chi connectivity index (χ2n) is 6.48. The van der Waals surface area contributed by atoms with Crippen LogP contribution >= 0.6 is 0 Å². The molecule has 1 amide bonds. The summed E-state index contributed by atoms with van der Waals surface area (Å²) in [5, 5.41) is 7.32. The lowest BCUT2D eigenvalue weighted by Crippen LogP contribution is -2.58. The molecule has 6 nitrogen and oxygen atoms in total. The molecule has 0 bridgehead atoms.